The van der Waals surface area contributed by atoms with Gasteiger partial charge in [-0.3, -0.25) is 9.78 Å². The molecule has 0 bridgehead atoms. The fourth-order valence-corrected chi connectivity index (χ4v) is 3.34. The summed E-state index contributed by atoms with van der Waals surface area (Å²) in [6.45, 7) is 3.14. The molecular weight excluding hydrogens is 346 g/mol. The maximum Gasteiger partial charge on any atom is 0.245 e. The van der Waals surface area contributed by atoms with Crippen LogP contribution in [0.4, 0.5) is 5.69 Å². The zero-order chi connectivity index (χ0) is 19.0. The van der Waals surface area contributed by atoms with Gasteiger partial charge in [0, 0.05) is 44.4 Å². The highest BCUT2D eigenvalue weighted by molar-refractivity contribution is 5.81. The predicted octanol–water partition coefficient (Wildman–Crippen LogP) is 1.40. The number of nitrogens with zero attached hydrogens (tertiary/aromatic N) is 6. The van der Waals surface area contributed by atoms with Crippen molar-refractivity contribution in [2.45, 2.75) is 25.9 Å². The summed E-state index contributed by atoms with van der Waals surface area (Å²) in [5, 5.41) is 0. The summed E-state index contributed by atoms with van der Waals surface area (Å²) in [7, 11) is 1.88. The van der Waals surface area contributed by atoms with Crippen molar-refractivity contribution in [2.75, 3.05) is 18.8 Å². The number of aryl methyl sites for hydroxylation is 1. The minimum Gasteiger partial charge on any atom is -0.471 e. The molecule has 2 N–H and O–H groups in total. The number of carbonyl (C=O) groups excluding carboxylic acids is 1. The van der Waals surface area contributed by atoms with E-state index in [0.29, 0.717) is 48.1 Å². The first-order chi connectivity index (χ1) is 13.1. The SMILES string of the molecule is CCC(=O)N1CC[C@H](Oc2ncnc3c2nc(-c2cncc(N)c2)n3C)C1. The number of aromatic nitrogens is 5. The maximum atomic E-state index is 11.9. The first-order valence-corrected chi connectivity index (χ1v) is 8.89. The van der Waals surface area contributed by atoms with Gasteiger partial charge >= 0.3 is 0 Å². The lowest BCUT2D eigenvalue weighted by Gasteiger charge is -2.16. The molecule has 4 heterocycles. The fourth-order valence-electron chi connectivity index (χ4n) is 3.34. The van der Waals surface area contributed by atoms with Crippen LogP contribution in [0.2, 0.25) is 0 Å². The van der Waals surface area contributed by atoms with Crippen LogP contribution in [-0.4, -0.2) is 54.5 Å². The number of ether oxygens (including phenoxy) is 1. The number of nitrogen functional groups attached to an aromatic ring is 1. The van der Waals surface area contributed by atoms with Crippen molar-refractivity contribution in [1.82, 2.24) is 29.4 Å². The summed E-state index contributed by atoms with van der Waals surface area (Å²) in [5.74, 6) is 1.25. The second-order valence-corrected chi connectivity index (χ2v) is 6.57. The molecule has 1 amide bonds. The number of pyridine rings is 1. The largest absolute Gasteiger partial charge is 0.471 e. The first kappa shape index (κ1) is 17.2. The van der Waals surface area contributed by atoms with Gasteiger partial charge in [0.25, 0.3) is 0 Å². The van der Waals surface area contributed by atoms with Crippen LogP contribution in [0.25, 0.3) is 22.6 Å². The molecule has 1 fully saturated rings. The molecule has 0 aromatic carbocycles. The predicted molar refractivity (Wildman–Crippen MR) is 99.9 cm³/mol. The molecule has 9 heteroatoms. The molecule has 140 valence electrons. The van der Waals surface area contributed by atoms with Crippen molar-refractivity contribution in [1.29, 1.82) is 0 Å². The third-order valence-corrected chi connectivity index (χ3v) is 4.72. The van der Waals surface area contributed by atoms with Gasteiger partial charge in [-0.25, -0.2) is 9.97 Å². The van der Waals surface area contributed by atoms with E-state index in [4.69, 9.17) is 10.5 Å². The van der Waals surface area contributed by atoms with Crippen LogP contribution in [0.15, 0.2) is 24.8 Å². The molecule has 1 aliphatic heterocycles. The molecule has 1 atom stereocenters. The second kappa shape index (κ2) is 6.82. The number of rotatable bonds is 4. The molecule has 9 nitrogen and oxygen atoms in total. The second-order valence-electron chi connectivity index (χ2n) is 6.57. The molecule has 1 saturated heterocycles. The maximum absolute atomic E-state index is 11.9. The number of anilines is 1. The Hall–Kier alpha value is -3.23. The van der Waals surface area contributed by atoms with E-state index in [9.17, 15) is 4.79 Å². The molecule has 0 unspecified atom stereocenters. The molecule has 27 heavy (non-hydrogen) atoms. The van der Waals surface area contributed by atoms with Gasteiger partial charge in [-0.2, -0.15) is 4.98 Å². The molecule has 0 spiro atoms. The van der Waals surface area contributed by atoms with E-state index < -0.39 is 0 Å². The van der Waals surface area contributed by atoms with Gasteiger partial charge in [0.2, 0.25) is 11.8 Å². The molecule has 0 radical (unpaired) electrons. The summed E-state index contributed by atoms with van der Waals surface area (Å²) in [6.07, 6.45) is 5.93. The van der Waals surface area contributed by atoms with Gasteiger partial charge < -0.3 is 19.9 Å². The van der Waals surface area contributed by atoms with Crippen LogP contribution in [-0.2, 0) is 11.8 Å². The number of imidazole rings is 1. The van der Waals surface area contributed by atoms with E-state index in [1.54, 1.807) is 12.4 Å². The Balaban J connectivity index is 1.65. The van der Waals surface area contributed by atoms with Gasteiger partial charge in [-0.05, 0) is 6.07 Å². The van der Waals surface area contributed by atoms with E-state index in [1.807, 2.05) is 29.5 Å². The van der Waals surface area contributed by atoms with Crippen LogP contribution in [0.5, 0.6) is 5.88 Å². The van der Waals surface area contributed by atoms with Crippen LogP contribution in [0, 0.1) is 0 Å². The number of hydrogen-bond acceptors (Lipinski definition) is 7. The molecular formula is C18H21N7O2. The van der Waals surface area contributed by atoms with E-state index in [-0.39, 0.29) is 12.0 Å². The van der Waals surface area contributed by atoms with Crippen molar-refractivity contribution in [3.63, 3.8) is 0 Å². The van der Waals surface area contributed by atoms with E-state index in [2.05, 4.69) is 19.9 Å². The van der Waals surface area contributed by atoms with Gasteiger partial charge in [-0.1, -0.05) is 6.92 Å². The third kappa shape index (κ3) is 3.16. The summed E-state index contributed by atoms with van der Waals surface area (Å²) < 4.78 is 7.94. The Morgan fingerprint density at radius 2 is 2.22 bits per heavy atom. The first-order valence-electron chi connectivity index (χ1n) is 8.89. The van der Waals surface area contributed by atoms with E-state index in [1.165, 1.54) is 6.33 Å². The van der Waals surface area contributed by atoms with Crippen molar-refractivity contribution < 1.29 is 9.53 Å². The average Bonchev–Trinajstić information content (AvgIpc) is 3.27. The van der Waals surface area contributed by atoms with Crippen molar-refractivity contribution >= 4 is 22.8 Å². The van der Waals surface area contributed by atoms with Gasteiger partial charge in [-0.15, -0.1) is 0 Å². The lowest BCUT2D eigenvalue weighted by Crippen LogP contribution is -2.30. The minimum absolute atomic E-state index is 0.0990. The van der Waals surface area contributed by atoms with Gasteiger partial charge in [0.15, 0.2) is 11.2 Å². The van der Waals surface area contributed by atoms with Gasteiger partial charge in [0.05, 0.1) is 12.2 Å². The normalized spacial score (nSPS) is 16.8. The Morgan fingerprint density at radius 3 is 3.00 bits per heavy atom. The molecule has 1 aliphatic rings. The standard InChI is InChI=1S/C18H21N7O2/c1-3-14(26)25-5-4-13(9-25)27-18-15-17(21-10-22-18)24(2)16(23-15)11-6-12(19)8-20-7-11/h6-8,10,13H,3-5,9,19H2,1-2H3/t13-/m0/s1. The van der Waals surface area contributed by atoms with Crippen LogP contribution in [0.1, 0.15) is 19.8 Å². The third-order valence-electron chi connectivity index (χ3n) is 4.72. The number of hydrogen-bond donors (Lipinski definition) is 1. The minimum atomic E-state index is -0.0990. The van der Waals surface area contributed by atoms with Crippen molar-refractivity contribution in [3.05, 3.63) is 24.8 Å². The number of likely N-dealkylation sites (tertiary alicyclic amines) is 1. The molecule has 3 aromatic heterocycles. The lowest BCUT2D eigenvalue weighted by molar-refractivity contribution is -0.130. The summed E-state index contributed by atoms with van der Waals surface area (Å²) in [5.41, 5.74) is 8.45. The number of carbonyl (C=O) groups is 1. The quantitative estimate of drug-likeness (QED) is 0.741. The molecule has 0 aliphatic carbocycles. The Kier molecular flexibility index (Phi) is 4.35. The summed E-state index contributed by atoms with van der Waals surface area (Å²) >= 11 is 0. The Labute approximate surface area is 156 Å². The highest BCUT2D eigenvalue weighted by Gasteiger charge is 2.28. The Morgan fingerprint density at radius 1 is 1.37 bits per heavy atom. The van der Waals surface area contributed by atoms with Crippen LogP contribution in [0.3, 0.4) is 0 Å². The Bertz CT molecular complexity index is 1000. The number of nitrogens with two attached hydrogens (primary N) is 1. The van der Waals surface area contributed by atoms with Crippen molar-refractivity contribution in [3.8, 4) is 17.3 Å². The average molecular weight is 367 g/mol. The highest BCUT2D eigenvalue weighted by Crippen LogP contribution is 2.28. The van der Waals surface area contributed by atoms with Crippen LogP contribution < -0.4 is 10.5 Å². The fraction of sp³-hybridized carbons (Fsp3) is 0.389. The van der Waals surface area contributed by atoms with E-state index >= 15 is 0 Å². The van der Waals surface area contributed by atoms with Crippen molar-refractivity contribution in [2.24, 2.45) is 7.05 Å². The zero-order valence-electron chi connectivity index (χ0n) is 15.3. The monoisotopic (exact) mass is 367 g/mol. The summed E-state index contributed by atoms with van der Waals surface area (Å²) in [4.78, 5) is 31.1. The van der Waals surface area contributed by atoms with E-state index in [0.717, 1.165) is 12.0 Å². The molecule has 0 saturated carbocycles. The molecule has 3 aromatic rings. The number of fused-ring (bicyclic) bond motifs is 1. The topological polar surface area (TPSA) is 112 Å². The lowest BCUT2D eigenvalue weighted by atomic mass is 10.2. The van der Waals surface area contributed by atoms with Gasteiger partial charge in [0.1, 0.15) is 18.3 Å². The van der Waals surface area contributed by atoms with Crippen LogP contribution >= 0.6 is 0 Å². The zero-order valence-corrected chi connectivity index (χ0v) is 15.3. The summed E-state index contributed by atoms with van der Waals surface area (Å²) in [6, 6.07) is 1.81. The smallest absolute Gasteiger partial charge is 0.245 e. The molecule has 4 rings (SSSR count). The number of amides is 1. The highest BCUT2D eigenvalue weighted by atomic mass is 16.5.